The molecule has 218 valence electrons. The van der Waals surface area contributed by atoms with E-state index in [0.717, 1.165) is 62.3 Å². The van der Waals surface area contributed by atoms with Crippen LogP contribution in [0.15, 0.2) is 42.5 Å². The van der Waals surface area contributed by atoms with Crippen molar-refractivity contribution in [2.24, 2.45) is 17.8 Å². The van der Waals surface area contributed by atoms with Crippen molar-refractivity contribution in [1.29, 1.82) is 0 Å². The molecule has 3 aliphatic carbocycles. The predicted octanol–water partition coefficient (Wildman–Crippen LogP) is 4.99. The van der Waals surface area contributed by atoms with Crippen LogP contribution in [-0.2, 0) is 16.6 Å². The van der Waals surface area contributed by atoms with E-state index in [0.29, 0.717) is 30.3 Å². The highest BCUT2D eigenvalue weighted by Gasteiger charge is 2.67. The summed E-state index contributed by atoms with van der Waals surface area (Å²) < 4.78 is 12.9. The number of hydrogen-bond donors (Lipinski definition) is 1. The average Bonchev–Trinajstić information content (AvgIpc) is 3.53. The molecule has 1 N–H and O–H groups in total. The Hall–Kier alpha value is -2.83. The molecule has 6 nitrogen and oxygen atoms in total. The molecule has 1 amide bonds. The average molecular weight is 557 g/mol. The molecule has 0 aromatic heterocycles. The summed E-state index contributed by atoms with van der Waals surface area (Å²) in [5.41, 5.74) is 4.87. The highest BCUT2D eigenvalue weighted by molar-refractivity contribution is 5.92. The van der Waals surface area contributed by atoms with Gasteiger partial charge in [0.05, 0.1) is 19.3 Å². The van der Waals surface area contributed by atoms with Gasteiger partial charge in [0.15, 0.2) is 11.5 Å². The number of aliphatic hydroxyl groups excluding tert-OH is 1. The summed E-state index contributed by atoms with van der Waals surface area (Å²) in [5, 5.41) is 10.1. The lowest BCUT2D eigenvalue weighted by Gasteiger charge is -2.60. The number of amides is 1. The third-order valence-corrected chi connectivity index (χ3v) is 10.7. The smallest absolute Gasteiger partial charge is 0.246 e. The zero-order chi connectivity index (χ0) is 28.5. The second-order valence-corrected chi connectivity index (χ2v) is 13.7. The number of hydrogen-bond acceptors (Lipinski definition) is 5. The molecule has 1 spiro atoms. The third-order valence-electron chi connectivity index (χ3n) is 10.7. The number of methoxy groups -OCH3 is 1. The van der Waals surface area contributed by atoms with Crippen LogP contribution >= 0.6 is 0 Å². The molecular formula is C35H44N2O4. The maximum Gasteiger partial charge on any atom is 0.246 e. The zero-order valence-corrected chi connectivity index (χ0v) is 24.9. The van der Waals surface area contributed by atoms with E-state index in [1.807, 2.05) is 12.1 Å². The van der Waals surface area contributed by atoms with Crippen molar-refractivity contribution in [3.63, 3.8) is 0 Å². The Morgan fingerprint density at radius 1 is 1.27 bits per heavy atom. The van der Waals surface area contributed by atoms with Gasteiger partial charge in [0.1, 0.15) is 6.10 Å². The molecule has 5 aliphatic rings. The molecule has 2 aromatic rings. The largest absolute Gasteiger partial charge is 0.493 e. The summed E-state index contributed by atoms with van der Waals surface area (Å²) in [5.74, 6) is 3.05. The Morgan fingerprint density at radius 3 is 2.83 bits per heavy atom. The summed E-state index contributed by atoms with van der Waals surface area (Å²) in [6.07, 6.45) is 8.52. The fraction of sp³-hybridized carbons (Fsp3) is 0.571. The number of piperidine rings is 1. The Morgan fingerprint density at radius 2 is 2.10 bits per heavy atom. The number of carbonyl (C=O) groups excluding carboxylic acids is 1. The molecule has 1 saturated heterocycles. The van der Waals surface area contributed by atoms with Gasteiger partial charge in [-0.2, -0.15) is 0 Å². The van der Waals surface area contributed by atoms with E-state index in [4.69, 9.17) is 9.47 Å². The number of likely N-dealkylation sites (tertiary alicyclic amines) is 1. The summed E-state index contributed by atoms with van der Waals surface area (Å²) in [4.78, 5) is 18.8. The van der Waals surface area contributed by atoms with Crippen LogP contribution in [0.5, 0.6) is 11.5 Å². The topological polar surface area (TPSA) is 62.2 Å². The molecule has 41 heavy (non-hydrogen) atoms. The van der Waals surface area contributed by atoms with Gasteiger partial charge in [0.25, 0.3) is 0 Å². The van der Waals surface area contributed by atoms with Crippen molar-refractivity contribution >= 4 is 12.0 Å². The number of carbonyl (C=O) groups is 1. The van der Waals surface area contributed by atoms with Gasteiger partial charge in [-0.15, -0.1) is 0 Å². The predicted molar refractivity (Wildman–Crippen MR) is 160 cm³/mol. The SMILES string of the molecule is COc1ccc2c3c1O[C@H]1[C@H](N(CC(C)C)C(=O)C=Cc4cccc(C)c4)CC[C@H]4[C@@H](C2)N(CC2CC2O)CC[C@@]341. The van der Waals surface area contributed by atoms with Crippen molar-refractivity contribution in [2.45, 2.75) is 82.6 Å². The first-order chi connectivity index (χ1) is 19.8. The van der Waals surface area contributed by atoms with Crippen molar-refractivity contribution in [3.8, 4) is 11.5 Å². The minimum atomic E-state index is -0.126. The van der Waals surface area contributed by atoms with Crippen molar-refractivity contribution in [3.05, 3.63) is 64.7 Å². The summed E-state index contributed by atoms with van der Waals surface area (Å²) in [6.45, 7) is 9.18. The maximum absolute atomic E-state index is 14.0. The monoisotopic (exact) mass is 556 g/mol. The second-order valence-electron chi connectivity index (χ2n) is 13.7. The van der Waals surface area contributed by atoms with Gasteiger partial charge in [-0.1, -0.05) is 49.7 Å². The second kappa shape index (κ2) is 10.2. The molecule has 7 atom stereocenters. The summed E-state index contributed by atoms with van der Waals surface area (Å²) >= 11 is 0. The highest BCUT2D eigenvalue weighted by atomic mass is 16.5. The van der Waals surface area contributed by atoms with E-state index in [9.17, 15) is 9.90 Å². The molecule has 2 aromatic carbocycles. The molecule has 2 unspecified atom stereocenters. The van der Waals surface area contributed by atoms with E-state index in [-0.39, 0.29) is 29.6 Å². The summed E-state index contributed by atoms with van der Waals surface area (Å²) in [7, 11) is 1.73. The van der Waals surface area contributed by atoms with Gasteiger partial charge >= 0.3 is 0 Å². The van der Waals surface area contributed by atoms with Crippen LogP contribution in [0, 0.1) is 24.7 Å². The Bertz CT molecular complexity index is 1370. The van der Waals surface area contributed by atoms with E-state index in [2.05, 4.69) is 60.9 Å². The molecule has 2 aliphatic heterocycles. The lowest BCUT2D eigenvalue weighted by atomic mass is 9.51. The van der Waals surface area contributed by atoms with Crippen LogP contribution in [0.2, 0.25) is 0 Å². The van der Waals surface area contributed by atoms with Crippen LogP contribution in [0.1, 0.15) is 61.8 Å². The fourth-order valence-corrected chi connectivity index (χ4v) is 8.84. The van der Waals surface area contributed by atoms with Crippen LogP contribution in [0.4, 0.5) is 0 Å². The molecular weight excluding hydrogens is 512 g/mol. The highest BCUT2D eigenvalue weighted by Crippen LogP contribution is 2.64. The Balaban J connectivity index is 1.26. The van der Waals surface area contributed by atoms with Crippen LogP contribution in [0.3, 0.4) is 0 Å². The van der Waals surface area contributed by atoms with Crippen molar-refractivity contribution < 1.29 is 19.4 Å². The number of aryl methyl sites for hydroxylation is 1. The molecule has 2 heterocycles. The van der Waals surface area contributed by atoms with Gasteiger partial charge in [-0.3, -0.25) is 9.69 Å². The van der Waals surface area contributed by atoms with Crippen LogP contribution < -0.4 is 9.47 Å². The number of aliphatic hydroxyl groups is 1. The van der Waals surface area contributed by atoms with Gasteiger partial charge < -0.3 is 19.5 Å². The molecule has 2 saturated carbocycles. The minimum Gasteiger partial charge on any atom is -0.493 e. The van der Waals surface area contributed by atoms with Gasteiger partial charge in [0.2, 0.25) is 5.91 Å². The van der Waals surface area contributed by atoms with E-state index in [1.54, 1.807) is 13.2 Å². The first kappa shape index (κ1) is 27.0. The lowest BCUT2D eigenvalue weighted by Crippen LogP contribution is -2.69. The van der Waals surface area contributed by atoms with Gasteiger partial charge in [0, 0.05) is 42.1 Å². The van der Waals surface area contributed by atoms with Gasteiger partial charge in [-0.05, 0) is 80.7 Å². The van der Waals surface area contributed by atoms with Crippen molar-refractivity contribution in [2.75, 3.05) is 26.7 Å². The third kappa shape index (κ3) is 4.40. The summed E-state index contributed by atoms with van der Waals surface area (Å²) in [6, 6.07) is 13.1. The van der Waals surface area contributed by atoms with Gasteiger partial charge in [-0.25, -0.2) is 0 Å². The van der Waals surface area contributed by atoms with E-state index < -0.39 is 0 Å². The molecule has 0 radical (unpaired) electrons. The number of benzene rings is 2. The molecule has 2 bridgehead atoms. The number of nitrogens with zero attached hydrogens (tertiary/aromatic N) is 2. The van der Waals surface area contributed by atoms with Crippen LogP contribution in [-0.4, -0.2) is 71.8 Å². The minimum absolute atomic E-state index is 0.00354. The Kier molecular flexibility index (Phi) is 6.70. The Labute approximate surface area is 244 Å². The first-order valence-electron chi connectivity index (χ1n) is 15.6. The molecule has 3 fully saturated rings. The first-order valence-corrected chi connectivity index (χ1v) is 15.6. The maximum atomic E-state index is 14.0. The molecule has 7 rings (SSSR count). The van der Waals surface area contributed by atoms with E-state index >= 15 is 0 Å². The van der Waals surface area contributed by atoms with Crippen LogP contribution in [0.25, 0.3) is 6.08 Å². The zero-order valence-electron chi connectivity index (χ0n) is 24.9. The normalized spacial score (nSPS) is 33.0. The van der Waals surface area contributed by atoms with Crippen molar-refractivity contribution in [1.82, 2.24) is 9.80 Å². The lowest BCUT2D eigenvalue weighted by molar-refractivity contribution is -0.138. The molecule has 6 heteroatoms. The van der Waals surface area contributed by atoms with E-state index in [1.165, 1.54) is 16.7 Å². The number of ether oxygens (including phenoxy) is 2. The standard InChI is InChI=1S/C35H44N2O4/c1-21(2)19-37(31(39)13-8-23-7-5-6-22(3)16-23)27-11-10-26-28-17-24-9-12-30(40-4)33-32(24)35(26,34(27)41-33)14-15-36(28)20-25-18-29(25)38/h5-9,12-13,16,21,25-29,34,38H,10-11,14-15,17-20H2,1-4H3/t25?,26-,27+,28+,29?,34-,35-/m0/s1. The number of rotatable bonds is 8. The fourth-order valence-electron chi connectivity index (χ4n) is 8.84. The quantitative estimate of drug-likeness (QED) is 0.465.